The minimum absolute atomic E-state index is 0.0555. The molecular weight excluding hydrogens is 260 g/mol. The van der Waals surface area contributed by atoms with Crippen molar-refractivity contribution in [3.63, 3.8) is 0 Å². The molecule has 2 heterocycles. The van der Waals surface area contributed by atoms with Gasteiger partial charge in [-0.25, -0.2) is 4.98 Å². The van der Waals surface area contributed by atoms with Gasteiger partial charge >= 0.3 is 0 Å². The van der Waals surface area contributed by atoms with E-state index in [1.54, 1.807) is 12.3 Å². The molecule has 94 valence electrons. The minimum Gasteiger partial charge on any atom is -0.431 e. The van der Waals surface area contributed by atoms with Gasteiger partial charge in [-0.2, -0.15) is 0 Å². The van der Waals surface area contributed by atoms with E-state index in [1.807, 2.05) is 30.3 Å². The molecule has 0 aliphatic heterocycles. The summed E-state index contributed by atoms with van der Waals surface area (Å²) in [6, 6.07) is 11.2. The van der Waals surface area contributed by atoms with E-state index in [0.717, 1.165) is 16.0 Å². The Hall–Kier alpha value is -2.34. The topological polar surface area (TPSA) is 88.8 Å². The Morgan fingerprint density at radius 1 is 1.26 bits per heavy atom. The molecule has 3 N–H and O–H groups in total. The van der Waals surface area contributed by atoms with Crippen LogP contribution in [0.1, 0.15) is 5.69 Å². The highest BCUT2D eigenvalue weighted by Crippen LogP contribution is 2.29. The standard InChI is InChI=1S/C13H10N4OS/c14-12(15)10-7-8(5-6-16-10)19-13-17-9-3-1-2-4-11(9)18-13/h1-7H,(H3,14,15). The van der Waals surface area contributed by atoms with E-state index in [0.29, 0.717) is 10.9 Å². The third kappa shape index (κ3) is 2.43. The molecule has 0 aliphatic rings. The Morgan fingerprint density at radius 3 is 2.89 bits per heavy atom. The maximum absolute atomic E-state index is 7.37. The summed E-state index contributed by atoms with van der Waals surface area (Å²) in [4.78, 5) is 9.26. The summed E-state index contributed by atoms with van der Waals surface area (Å²) in [5, 5.41) is 7.92. The van der Waals surface area contributed by atoms with E-state index in [-0.39, 0.29) is 5.84 Å². The van der Waals surface area contributed by atoms with Crippen molar-refractivity contribution in [2.24, 2.45) is 5.73 Å². The monoisotopic (exact) mass is 270 g/mol. The maximum atomic E-state index is 7.37. The molecule has 0 amide bonds. The number of nitrogens with zero attached hydrogens (tertiary/aromatic N) is 2. The average molecular weight is 270 g/mol. The summed E-state index contributed by atoms with van der Waals surface area (Å²) in [5.74, 6) is -0.0555. The Labute approximate surface area is 113 Å². The van der Waals surface area contributed by atoms with Gasteiger partial charge < -0.3 is 10.2 Å². The minimum atomic E-state index is -0.0555. The number of oxazole rings is 1. The number of nitrogen functional groups attached to an aromatic ring is 1. The van der Waals surface area contributed by atoms with Crippen molar-refractivity contribution in [1.29, 1.82) is 5.41 Å². The third-order valence-corrected chi connectivity index (χ3v) is 3.33. The fourth-order valence-corrected chi connectivity index (χ4v) is 2.39. The first kappa shape index (κ1) is 11.7. The van der Waals surface area contributed by atoms with Crippen LogP contribution >= 0.6 is 11.8 Å². The fraction of sp³-hybridized carbons (Fsp3) is 0. The molecule has 0 radical (unpaired) electrons. The summed E-state index contributed by atoms with van der Waals surface area (Å²) >= 11 is 1.37. The summed E-state index contributed by atoms with van der Waals surface area (Å²) in [5.41, 5.74) is 7.44. The van der Waals surface area contributed by atoms with Crippen LogP contribution < -0.4 is 5.73 Å². The van der Waals surface area contributed by atoms with Crippen molar-refractivity contribution in [3.05, 3.63) is 48.3 Å². The van der Waals surface area contributed by atoms with Gasteiger partial charge in [0.25, 0.3) is 5.22 Å². The van der Waals surface area contributed by atoms with Crippen LogP contribution in [0.5, 0.6) is 0 Å². The predicted octanol–water partition coefficient (Wildman–Crippen LogP) is 2.66. The van der Waals surface area contributed by atoms with Crippen LogP contribution in [0.25, 0.3) is 11.1 Å². The first-order valence-electron chi connectivity index (χ1n) is 5.56. The summed E-state index contributed by atoms with van der Waals surface area (Å²) < 4.78 is 5.62. The Morgan fingerprint density at radius 2 is 2.11 bits per heavy atom. The second-order valence-corrected chi connectivity index (χ2v) is 4.86. The van der Waals surface area contributed by atoms with Crippen molar-refractivity contribution < 1.29 is 4.42 Å². The van der Waals surface area contributed by atoms with Gasteiger partial charge in [-0.15, -0.1) is 0 Å². The molecule has 0 spiro atoms. The molecule has 2 aromatic heterocycles. The van der Waals surface area contributed by atoms with Crippen LogP contribution in [-0.2, 0) is 0 Å². The maximum Gasteiger partial charge on any atom is 0.261 e. The first-order valence-corrected chi connectivity index (χ1v) is 6.38. The molecule has 0 fully saturated rings. The van der Waals surface area contributed by atoms with E-state index in [2.05, 4.69) is 9.97 Å². The smallest absolute Gasteiger partial charge is 0.261 e. The van der Waals surface area contributed by atoms with Gasteiger partial charge in [-0.05, 0) is 36.0 Å². The van der Waals surface area contributed by atoms with Crippen LogP contribution in [0.15, 0.2) is 57.1 Å². The second kappa shape index (κ2) is 4.74. The van der Waals surface area contributed by atoms with Crippen molar-refractivity contribution in [1.82, 2.24) is 9.97 Å². The highest BCUT2D eigenvalue weighted by atomic mass is 32.2. The van der Waals surface area contributed by atoms with E-state index in [1.165, 1.54) is 11.8 Å². The van der Waals surface area contributed by atoms with E-state index >= 15 is 0 Å². The predicted molar refractivity (Wildman–Crippen MR) is 73.4 cm³/mol. The van der Waals surface area contributed by atoms with Gasteiger partial charge in [-0.3, -0.25) is 10.4 Å². The molecule has 0 unspecified atom stereocenters. The van der Waals surface area contributed by atoms with Crippen molar-refractivity contribution >= 4 is 28.7 Å². The second-order valence-electron chi connectivity index (χ2n) is 3.84. The molecular formula is C13H10N4OS. The van der Waals surface area contributed by atoms with Crippen LogP contribution in [-0.4, -0.2) is 15.8 Å². The molecule has 0 bridgehead atoms. The molecule has 0 aliphatic carbocycles. The molecule has 0 saturated heterocycles. The molecule has 0 saturated carbocycles. The Balaban J connectivity index is 1.92. The largest absolute Gasteiger partial charge is 0.431 e. The van der Waals surface area contributed by atoms with E-state index in [9.17, 15) is 0 Å². The van der Waals surface area contributed by atoms with Crippen LogP contribution in [0, 0.1) is 5.41 Å². The number of nitrogens with one attached hydrogen (secondary N) is 1. The quantitative estimate of drug-likeness (QED) is 0.564. The molecule has 3 aromatic rings. The van der Waals surface area contributed by atoms with Crippen LogP contribution in [0.3, 0.4) is 0 Å². The van der Waals surface area contributed by atoms with Gasteiger partial charge in [0.05, 0.1) is 0 Å². The summed E-state index contributed by atoms with van der Waals surface area (Å²) in [6.07, 6.45) is 1.61. The highest BCUT2D eigenvalue weighted by molar-refractivity contribution is 7.99. The lowest BCUT2D eigenvalue weighted by Gasteiger charge is -1.99. The average Bonchev–Trinajstić information content (AvgIpc) is 2.81. The van der Waals surface area contributed by atoms with Crippen molar-refractivity contribution in [2.45, 2.75) is 10.1 Å². The lowest BCUT2D eigenvalue weighted by atomic mass is 10.3. The van der Waals surface area contributed by atoms with Crippen molar-refractivity contribution in [2.75, 3.05) is 0 Å². The molecule has 5 nitrogen and oxygen atoms in total. The molecule has 0 atom stereocenters. The number of fused-ring (bicyclic) bond motifs is 1. The lowest BCUT2D eigenvalue weighted by Crippen LogP contribution is -2.12. The van der Waals surface area contributed by atoms with Gasteiger partial charge in [0.1, 0.15) is 17.0 Å². The number of hydrogen-bond donors (Lipinski definition) is 2. The SMILES string of the molecule is N=C(N)c1cc(Sc2nc3ccccc3o2)ccn1. The van der Waals surface area contributed by atoms with Gasteiger partial charge in [0, 0.05) is 11.1 Å². The number of pyridine rings is 1. The van der Waals surface area contributed by atoms with E-state index < -0.39 is 0 Å². The zero-order valence-electron chi connectivity index (χ0n) is 9.83. The molecule has 3 rings (SSSR count). The zero-order valence-corrected chi connectivity index (χ0v) is 10.6. The van der Waals surface area contributed by atoms with Gasteiger partial charge in [0.2, 0.25) is 0 Å². The van der Waals surface area contributed by atoms with Crippen molar-refractivity contribution in [3.8, 4) is 0 Å². The number of aromatic nitrogens is 2. The van der Waals surface area contributed by atoms with Gasteiger partial charge in [-0.1, -0.05) is 12.1 Å². The molecule has 1 aromatic carbocycles. The number of rotatable bonds is 3. The normalized spacial score (nSPS) is 10.7. The Bertz CT molecular complexity index is 720. The molecule has 19 heavy (non-hydrogen) atoms. The number of benzene rings is 1. The van der Waals surface area contributed by atoms with E-state index in [4.69, 9.17) is 15.6 Å². The third-order valence-electron chi connectivity index (χ3n) is 2.49. The highest BCUT2D eigenvalue weighted by Gasteiger charge is 2.08. The molecule has 6 heteroatoms. The van der Waals surface area contributed by atoms with Crippen LogP contribution in [0.4, 0.5) is 0 Å². The summed E-state index contributed by atoms with van der Waals surface area (Å²) in [7, 11) is 0. The lowest BCUT2D eigenvalue weighted by molar-refractivity contribution is 0.489. The number of amidine groups is 1. The number of nitrogens with two attached hydrogens (primary N) is 1. The summed E-state index contributed by atoms with van der Waals surface area (Å²) in [6.45, 7) is 0. The zero-order chi connectivity index (χ0) is 13.2. The first-order chi connectivity index (χ1) is 9.22. The number of para-hydroxylation sites is 2. The van der Waals surface area contributed by atoms with Gasteiger partial charge in [0.15, 0.2) is 5.58 Å². The fourth-order valence-electron chi connectivity index (χ4n) is 1.62. The van der Waals surface area contributed by atoms with Crippen LogP contribution in [0.2, 0.25) is 0 Å². The Kier molecular flexibility index (Phi) is 2.92. The number of hydrogen-bond acceptors (Lipinski definition) is 5.